The number of fused-ring (bicyclic) bond motifs is 2. The van der Waals surface area contributed by atoms with Crippen molar-refractivity contribution in [1.29, 1.82) is 0 Å². The number of amides is 2. The molecule has 30 heavy (non-hydrogen) atoms. The lowest BCUT2D eigenvalue weighted by molar-refractivity contribution is -0.135. The van der Waals surface area contributed by atoms with Gasteiger partial charge in [0.15, 0.2) is 0 Å². The van der Waals surface area contributed by atoms with E-state index in [1.807, 2.05) is 11.0 Å². The first-order chi connectivity index (χ1) is 14.4. The van der Waals surface area contributed by atoms with Crippen molar-refractivity contribution in [1.82, 2.24) is 10.2 Å². The molecule has 2 heterocycles. The van der Waals surface area contributed by atoms with Gasteiger partial charge in [0.05, 0.1) is 18.6 Å². The fourth-order valence-electron chi connectivity index (χ4n) is 4.66. The summed E-state index contributed by atoms with van der Waals surface area (Å²) in [7, 11) is 1.56. The van der Waals surface area contributed by atoms with E-state index in [0.29, 0.717) is 22.8 Å². The summed E-state index contributed by atoms with van der Waals surface area (Å²) in [4.78, 5) is 27.5. The smallest absolute Gasteiger partial charge is 0.251 e. The average molecular weight is 431 g/mol. The van der Waals surface area contributed by atoms with Crippen LogP contribution in [0.2, 0.25) is 5.02 Å². The molecule has 2 unspecified atom stereocenters. The van der Waals surface area contributed by atoms with E-state index < -0.39 is 0 Å². The number of piperidine rings is 1. The van der Waals surface area contributed by atoms with Crippen LogP contribution in [0.5, 0.6) is 5.75 Å². The van der Waals surface area contributed by atoms with Crippen molar-refractivity contribution in [2.75, 3.05) is 7.11 Å². The molecule has 4 rings (SSSR count). The van der Waals surface area contributed by atoms with E-state index >= 15 is 0 Å². The molecule has 2 saturated heterocycles. The fourth-order valence-corrected chi connectivity index (χ4v) is 4.94. The van der Waals surface area contributed by atoms with Gasteiger partial charge in [0, 0.05) is 23.7 Å². The molecule has 0 aliphatic carbocycles. The number of halogens is 2. The summed E-state index contributed by atoms with van der Waals surface area (Å²) in [6.07, 6.45) is 3.66. The predicted molar refractivity (Wildman–Crippen MR) is 112 cm³/mol. The largest absolute Gasteiger partial charge is 0.495 e. The molecule has 5 nitrogen and oxygen atoms in total. The summed E-state index contributed by atoms with van der Waals surface area (Å²) in [5.74, 6) is 0.110. The van der Waals surface area contributed by atoms with Crippen molar-refractivity contribution < 1.29 is 18.7 Å². The molecule has 2 bridgehead atoms. The number of hydrogen-bond acceptors (Lipinski definition) is 3. The topological polar surface area (TPSA) is 58.6 Å². The number of ether oxygens (including phenoxy) is 1. The minimum absolute atomic E-state index is 0.0135. The van der Waals surface area contributed by atoms with Gasteiger partial charge in [-0.2, -0.15) is 0 Å². The van der Waals surface area contributed by atoms with Crippen LogP contribution in [-0.4, -0.2) is 41.9 Å². The monoisotopic (exact) mass is 430 g/mol. The van der Waals surface area contributed by atoms with Gasteiger partial charge in [0.1, 0.15) is 11.6 Å². The molecule has 2 atom stereocenters. The Hall–Kier alpha value is -2.60. The van der Waals surface area contributed by atoms with Gasteiger partial charge < -0.3 is 15.0 Å². The molecule has 2 aromatic carbocycles. The first kappa shape index (κ1) is 20.7. The normalized spacial score (nSPS) is 22.6. The molecule has 0 spiro atoms. The predicted octanol–water partition coefficient (Wildman–Crippen LogP) is 3.98. The molecule has 7 heteroatoms. The molecule has 2 aromatic rings. The van der Waals surface area contributed by atoms with Gasteiger partial charge in [0.2, 0.25) is 5.91 Å². The molecule has 2 amide bonds. The van der Waals surface area contributed by atoms with Gasteiger partial charge in [0.25, 0.3) is 5.91 Å². The third-order valence-electron chi connectivity index (χ3n) is 6.03. The van der Waals surface area contributed by atoms with Gasteiger partial charge >= 0.3 is 0 Å². The number of rotatable bonds is 5. The highest BCUT2D eigenvalue weighted by Gasteiger charge is 2.43. The first-order valence-corrected chi connectivity index (χ1v) is 10.5. The summed E-state index contributed by atoms with van der Waals surface area (Å²) in [6, 6.07) is 11.2. The Bertz CT molecular complexity index is 936. The van der Waals surface area contributed by atoms with Crippen LogP contribution in [0.25, 0.3) is 0 Å². The van der Waals surface area contributed by atoms with E-state index in [0.717, 1.165) is 31.2 Å². The van der Waals surface area contributed by atoms with Crippen LogP contribution in [-0.2, 0) is 11.2 Å². The first-order valence-electron chi connectivity index (χ1n) is 10.1. The van der Waals surface area contributed by atoms with E-state index in [-0.39, 0.29) is 35.8 Å². The number of carbonyl (C=O) groups excluding carboxylic acids is 2. The lowest BCUT2D eigenvalue weighted by Gasteiger charge is -2.39. The summed E-state index contributed by atoms with van der Waals surface area (Å²) in [5, 5.41) is 3.55. The Morgan fingerprint density at radius 1 is 1.13 bits per heavy atom. The molecule has 0 aromatic heterocycles. The minimum atomic E-state index is -0.366. The average Bonchev–Trinajstić information content (AvgIpc) is 2.99. The molecule has 0 radical (unpaired) electrons. The van der Waals surface area contributed by atoms with Gasteiger partial charge in [-0.15, -0.1) is 0 Å². The zero-order chi connectivity index (χ0) is 21.3. The zero-order valence-corrected chi connectivity index (χ0v) is 17.5. The second-order valence-corrected chi connectivity index (χ2v) is 8.39. The lowest BCUT2D eigenvalue weighted by atomic mass is 9.96. The molecule has 2 fully saturated rings. The summed E-state index contributed by atoms with van der Waals surface area (Å²) in [5.41, 5.74) is 1.30. The molecule has 0 saturated carbocycles. The maximum absolute atomic E-state index is 13.1. The van der Waals surface area contributed by atoms with Gasteiger partial charge in [-0.1, -0.05) is 17.7 Å². The maximum Gasteiger partial charge on any atom is 0.251 e. The zero-order valence-electron chi connectivity index (χ0n) is 16.7. The van der Waals surface area contributed by atoms with Crippen LogP contribution in [0.3, 0.4) is 0 Å². The second-order valence-electron chi connectivity index (χ2n) is 7.98. The van der Waals surface area contributed by atoms with E-state index in [2.05, 4.69) is 5.32 Å². The van der Waals surface area contributed by atoms with E-state index in [1.165, 1.54) is 24.3 Å². The molecule has 2 aliphatic heterocycles. The van der Waals surface area contributed by atoms with Crippen molar-refractivity contribution in [2.24, 2.45) is 0 Å². The third kappa shape index (κ3) is 4.29. The lowest BCUT2D eigenvalue weighted by Crippen LogP contribution is -2.52. The van der Waals surface area contributed by atoms with E-state index in [4.69, 9.17) is 16.3 Å². The van der Waals surface area contributed by atoms with E-state index in [9.17, 15) is 14.0 Å². The maximum atomic E-state index is 13.1. The van der Waals surface area contributed by atoms with Crippen molar-refractivity contribution in [2.45, 2.75) is 50.2 Å². The number of benzene rings is 2. The summed E-state index contributed by atoms with van der Waals surface area (Å²) < 4.78 is 18.2. The molecular weight excluding hydrogens is 407 g/mol. The van der Waals surface area contributed by atoms with Crippen molar-refractivity contribution in [3.8, 4) is 5.75 Å². The van der Waals surface area contributed by atoms with Crippen LogP contribution >= 0.6 is 11.6 Å². The quantitative estimate of drug-likeness (QED) is 0.780. The Morgan fingerprint density at radius 3 is 2.40 bits per heavy atom. The van der Waals surface area contributed by atoms with Crippen molar-refractivity contribution in [3.05, 3.63) is 64.4 Å². The highest BCUT2D eigenvalue weighted by molar-refractivity contribution is 6.32. The number of nitrogens with zero attached hydrogens (tertiary/aromatic N) is 1. The SMILES string of the molecule is COc1ccc(CC(=O)N2C3CCC2CC(NC(=O)c2ccc(F)cc2)C3)cc1Cl. The third-order valence-corrected chi connectivity index (χ3v) is 6.33. The van der Waals surface area contributed by atoms with Crippen LogP contribution in [0.4, 0.5) is 4.39 Å². The minimum Gasteiger partial charge on any atom is -0.495 e. The second kappa shape index (κ2) is 8.64. The molecule has 158 valence electrons. The summed E-state index contributed by atoms with van der Waals surface area (Å²) in [6.45, 7) is 0. The molecule has 2 aliphatic rings. The standard InChI is InChI=1S/C23H24ClFN2O3/c1-30-21-9-2-14(10-20(21)24)11-22(28)27-18-7-8-19(27)13-17(12-18)26-23(29)15-3-5-16(25)6-4-15/h2-6,9-10,17-19H,7-8,11-13H2,1H3,(H,26,29). The Balaban J connectivity index is 1.37. The number of carbonyl (C=O) groups is 2. The van der Waals surface area contributed by atoms with Gasteiger partial charge in [-0.05, 0) is 67.6 Å². The van der Waals surface area contributed by atoms with Crippen molar-refractivity contribution >= 4 is 23.4 Å². The number of nitrogens with one attached hydrogen (secondary N) is 1. The van der Waals surface area contributed by atoms with E-state index in [1.54, 1.807) is 19.2 Å². The van der Waals surface area contributed by atoms with Gasteiger partial charge in [-0.25, -0.2) is 4.39 Å². The molecule has 1 N–H and O–H groups in total. The van der Waals surface area contributed by atoms with Crippen LogP contribution < -0.4 is 10.1 Å². The fraction of sp³-hybridized carbons (Fsp3) is 0.391. The summed E-state index contributed by atoms with van der Waals surface area (Å²) >= 11 is 6.18. The van der Waals surface area contributed by atoms with Crippen LogP contribution in [0, 0.1) is 5.82 Å². The highest BCUT2D eigenvalue weighted by Crippen LogP contribution is 2.36. The van der Waals surface area contributed by atoms with Crippen molar-refractivity contribution in [3.63, 3.8) is 0 Å². The number of hydrogen-bond donors (Lipinski definition) is 1. The number of methoxy groups -OCH3 is 1. The Labute approximate surface area is 180 Å². The van der Waals surface area contributed by atoms with Crippen LogP contribution in [0.15, 0.2) is 42.5 Å². The Morgan fingerprint density at radius 2 is 1.80 bits per heavy atom. The van der Waals surface area contributed by atoms with Crippen LogP contribution in [0.1, 0.15) is 41.6 Å². The van der Waals surface area contributed by atoms with Gasteiger partial charge in [-0.3, -0.25) is 9.59 Å². The highest BCUT2D eigenvalue weighted by atomic mass is 35.5. The Kier molecular flexibility index (Phi) is 5.95. The molecular formula is C23H24ClFN2O3.